The maximum absolute atomic E-state index is 13.1. The van der Waals surface area contributed by atoms with Gasteiger partial charge in [0.25, 0.3) is 11.6 Å². The van der Waals surface area contributed by atoms with Crippen LogP contribution in [0.5, 0.6) is 0 Å². The lowest BCUT2D eigenvalue weighted by Crippen LogP contribution is -2.12. The number of halogens is 2. The Hall–Kier alpha value is -2.47. The van der Waals surface area contributed by atoms with Crippen molar-refractivity contribution < 1.29 is 14.1 Å². The van der Waals surface area contributed by atoms with E-state index in [0.717, 1.165) is 12.1 Å². The van der Waals surface area contributed by atoms with E-state index in [1.165, 1.54) is 30.3 Å². The summed E-state index contributed by atoms with van der Waals surface area (Å²) in [5, 5.41) is 13.1. The Morgan fingerprint density at radius 2 is 1.85 bits per heavy atom. The van der Waals surface area contributed by atoms with Crippen LogP contribution in [0.1, 0.15) is 10.4 Å². The molecule has 0 radical (unpaired) electrons. The molecule has 1 amide bonds. The van der Waals surface area contributed by atoms with Crippen LogP contribution < -0.4 is 5.32 Å². The highest BCUT2D eigenvalue weighted by Gasteiger charge is 2.10. The lowest BCUT2D eigenvalue weighted by molar-refractivity contribution is -0.384. The molecule has 0 saturated carbocycles. The van der Waals surface area contributed by atoms with Gasteiger partial charge in [-0.05, 0) is 30.3 Å². The first-order chi connectivity index (χ1) is 9.45. The number of nitro benzene ring substituents is 1. The van der Waals surface area contributed by atoms with Gasteiger partial charge in [-0.15, -0.1) is 0 Å². The second-order valence-electron chi connectivity index (χ2n) is 3.92. The summed E-state index contributed by atoms with van der Waals surface area (Å²) in [7, 11) is 0. The lowest BCUT2D eigenvalue weighted by Gasteiger charge is -2.06. The van der Waals surface area contributed by atoms with Crippen LogP contribution in [0.2, 0.25) is 5.02 Å². The molecule has 7 heteroatoms. The summed E-state index contributed by atoms with van der Waals surface area (Å²) in [6, 6.07) is 8.69. The van der Waals surface area contributed by atoms with Gasteiger partial charge in [-0.1, -0.05) is 11.6 Å². The average molecular weight is 295 g/mol. The zero-order valence-corrected chi connectivity index (χ0v) is 10.7. The van der Waals surface area contributed by atoms with Crippen LogP contribution in [0.4, 0.5) is 15.8 Å². The lowest BCUT2D eigenvalue weighted by atomic mass is 10.2. The maximum Gasteiger partial charge on any atom is 0.269 e. The molecule has 102 valence electrons. The molecular weight excluding hydrogens is 287 g/mol. The second kappa shape index (κ2) is 5.66. The van der Waals surface area contributed by atoms with Gasteiger partial charge >= 0.3 is 0 Å². The predicted molar refractivity (Wildman–Crippen MR) is 72.5 cm³/mol. The van der Waals surface area contributed by atoms with Crippen molar-refractivity contribution in [1.82, 2.24) is 0 Å². The number of nitrogens with one attached hydrogen (secondary N) is 1. The fourth-order valence-electron chi connectivity index (χ4n) is 1.56. The standard InChI is InChI=1S/C13H8ClFN2O3/c14-9-5-10(15)7-11(6-9)16-13(18)8-1-3-12(4-2-8)17(19)20/h1-7H,(H,16,18). The van der Waals surface area contributed by atoms with Gasteiger partial charge in [-0.2, -0.15) is 0 Å². The molecule has 0 bridgehead atoms. The van der Waals surface area contributed by atoms with E-state index in [2.05, 4.69) is 5.32 Å². The normalized spacial score (nSPS) is 10.1. The van der Waals surface area contributed by atoms with Crippen LogP contribution in [0.15, 0.2) is 42.5 Å². The first-order valence-corrected chi connectivity index (χ1v) is 5.85. The summed E-state index contributed by atoms with van der Waals surface area (Å²) < 4.78 is 13.1. The molecule has 0 aliphatic carbocycles. The van der Waals surface area contributed by atoms with Crippen LogP contribution in [0.3, 0.4) is 0 Å². The molecule has 0 fully saturated rings. The number of hydrogen-bond acceptors (Lipinski definition) is 3. The Kier molecular flexibility index (Phi) is 3.95. The molecule has 0 atom stereocenters. The Bertz CT molecular complexity index is 654. The van der Waals surface area contributed by atoms with Crippen molar-refractivity contribution in [2.45, 2.75) is 0 Å². The highest BCUT2D eigenvalue weighted by Crippen LogP contribution is 2.19. The Balaban J connectivity index is 2.17. The molecule has 0 spiro atoms. The van der Waals surface area contributed by atoms with E-state index in [1.54, 1.807) is 0 Å². The van der Waals surface area contributed by atoms with E-state index in [4.69, 9.17) is 11.6 Å². The van der Waals surface area contributed by atoms with Gasteiger partial charge in [0.1, 0.15) is 5.82 Å². The van der Waals surface area contributed by atoms with E-state index >= 15 is 0 Å². The summed E-state index contributed by atoms with van der Waals surface area (Å²) >= 11 is 5.67. The third-order valence-corrected chi connectivity index (χ3v) is 2.68. The molecule has 0 heterocycles. The number of nitrogens with zero attached hydrogens (tertiary/aromatic N) is 1. The first kappa shape index (κ1) is 14.0. The fraction of sp³-hybridized carbons (Fsp3) is 0. The van der Waals surface area contributed by atoms with Crippen molar-refractivity contribution >= 4 is 28.9 Å². The van der Waals surface area contributed by atoms with Crippen LogP contribution in [0.25, 0.3) is 0 Å². The number of nitro groups is 1. The molecule has 0 aliphatic heterocycles. The van der Waals surface area contributed by atoms with E-state index in [9.17, 15) is 19.3 Å². The summed E-state index contributed by atoms with van der Waals surface area (Å²) in [5.74, 6) is -1.09. The Labute approximate surface area is 118 Å². The zero-order chi connectivity index (χ0) is 14.7. The second-order valence-corrected chi connectivity index (χ2v) is 4.35. The number of amides is 1. The summed E-state index contributed by atoms with van der Waals surface area (Å²) in [6.07, 6.45) is 0. The SMILES string of the molecule is O=C(Nc1cc(F)cc(Cl)c1)c1ccc([N+](=O)[O-])cc1. The molecule has 2 aromatic rings. The van der Waals surface area contributed by atoms with Gasteiger partial charge in [0.05, 0.1) is 4.92 Å². The number of carbonyl (C=O) groups excluding carboxylic acids is 1. The topological polar surface area (TPSA) is 72.2 Å². The van der Waals surface area contributed by atoms with Crippen molar-refractivity contribution in [3.05, 3.63) is 69.0 Å². The van der Waals surface area contributed by atoms with Gasteiger partial charge in [0.15, 0.2) is 0 Å². The third-order valence-electron chi connectivity index (χ3n) is 2.46. The predicted octanol–water partition coefficient (Wildman–Crippen LogP) is 3.64. The van der Waals surface area contributed by atoms with E-state index in [0.29, 0.717) is 0 Å². The van der Waals surface area contributed by atoms with Crippen LogP contribution in [0, 0.1) is 15.9 Å². The van der Waals surface area contributed by atoms with Gasteiger partial charge in [-0.25, -0.2) is 4.39 Å². The highest BCUT2D eigenvalue weighted by atomic mass is 35.5. The largest absolute Gasteiger partial charge is 0.322 e. The summed E-state index contributed by atoms with van der Waals surface area (Å²) in [5.41, 5.74) is 0.310. The number of anilines is 1. The van der Waals surface area contributed by atoms with E-state index in [-0.39, 0.29) is 22.0 Å². The molecule has 0 saturated heterocycles. The zero-order valence-electron chi connectivity index (χ0n) is 9.97. The summed E-state index contributed by atoms with van der Waals surface area (Å²) in [6.45, 7) is 0. The van der Waals surface area contributed by atoms with Crippen LogP contribution in [-0.2, 0) is 0 Å². The Morgan fingerprint density at radius 1 is 1.20 bits per heavy atom. The molecule has 20 heavy (non-hydrogen) atoms. The molecule has 0 aliphatic rings. The third kappa shape index (κ3) is 3.30. The number of non-ortho nitro benzene ring substituents is 1. The average Bonchev–Trinajstić information content (AvgIpc) is 2.37. The van der Waals surface area contributed by atoms with Crippen LogP contribution >= 0.6 is 11.6 Å². The van der Waals surface area contributed by atoms with E-state index in [1.807, 2.05) is 0 Å². The molecule has 5 nitrogen and oxygen atoms in total. The molecule has 1 N–H and O–H groups in total. The Morgan fingerprint density at radius 3 is 2.40 bits per heavy atom. The molecule has 0 aromatic heterocycles. The van der Waals surface area contributed by atoms with E-state index < -0.39 is 16.6 Å². The molecular formula is C13H8ClFN2O3. The maximum atomic E-state index is 13.1. The van der Waals surface area contributed by atoms with Crippen molar-refractivity contribution in [1.29, 1.82) is 0 Å². The van der Waals surface area contributed by atoms with Crippen LogP contribution in [-0.4, -0.2) is 10.8 Å². The number of hydrogen-bond donors (Lipinski definition) is 1. The number of carbonyl (C=O) groups is 1. The van der Waals surface area contributed by atoms with Crippen molar-refractivity contribution in [2.24, 2.45) is 0 Å². The number of benzene rings is 2. The van der Waals surface area contributed by atoms with Gasteiger partial charge < -0.3 is 5.32 Å². The fourth-order valence-corrected chi connectivity index (χ4v) is 1.79. The minimum Gasteiger partial charge on any atom is -0.322 e. The van der Waals surface area contributed by atoms with Gasteiger partial charge in [0.2, 0.25) is 0 Å². The smallest absolute Gasteiger partial charge is 0.269 e. The van der Waals surface area contributed by atoms with Crippen molar-refractivity contribution in [3.63, 3.8) is 0 Å². The van der Waals surface area contributed by atoms with Gasteiger partial charge in [0, 0.05) is 28.4 Å². The van der Waals surface area contributed by atoms with Gasteiger partial charge in [-0.3, -0.25) is 14.9 Å². The number of rotatable bonds is 3. The monoisotopic (exact) mass is 294 g/mol. The van der Waals surface area contributed by atoms with Crippen molar-refractivity contribution in [2.75, 3.05) is 5.32 Å². The summed E-state index contributed by atoms with van der Waals surface area (Å²) in [4.78, 5) is 21.8. The molecule has 0 unspecified atom stereocenters. The molecule has 2 aromatic carbocycles. The minimum atomic E-state index is -0.573. The van der Waals surface area contributed by atoms with Crippen molar-refractivity contribution in [3.8, 4) is 0 Å². The highest BCUT2D eigenvalue weighted by molar-refractivity contribution is 6.31. The first-order valence-electron chi connectivity index (χ1n) is 5.47. The molecule has 2 rings (SSSR count). The minimum absolute atomic E-state index is 0.115. The quantitative estimate of drug-likeness (QED) is 0.694.